The molecule has 2 fully saturated rings. The molecule has 3 heterocycles. The third-order valence-corrected chi connectivity index (χ3v) is 6.87. The first-order chi connectivity index (χ1) is 16.0. The Morgan fingerprint density at radius 3 is 2.58 bits per heavy atom. The van der Waals surface area contributed by atoms with Gasteiger partial charge in [0.25, 0.3) is 5.91 Å². The number of methoxy groups -OCH3 is 1. The first kappa shape index (κ1) is 22.3. The van der Waals surface area contributed by atoms with Gasteiger partial charge >= 0.3 is 0 Å². The molecule has 1 spiro atoms. The summed E-state index contributed by atoms with van der Waals surface area (Å²) in [5.74, 6) is 0.301. The quantitative estimate of drug-likeness (QED) is 0.665. The highest BCUT2D eigenvalue weighted by Gasteiger charge is 2.41. The molecule has 2 aromatic carbocycles. The van der Waals surface area contributed by atoms with Gasteiger partial charge in [0.2, 0.25) is 0 Å². The minimum Gasteiger partial charge on any atom is -0.497 e. The number of halogens is 1. The number of nitrogens with zero attached hydrogens (tertiary/aromatic N) is 3. The van der Waals surface area contributed by atoms with E-state index < -0.39 is 5.79 Å². The lowest BCUT2D eigenvalue weighted by Gasteiger charge is -2.37. The number of likely N-dealkylation sites (tertiary alicyclic amines) is 1. The van der Waals surface area contributed by atoms with Crippen LogP contribution in [-0.4, -0.2) is 67.3 Å². The van der Waals surface area contributed by atoms with E-state index in [0.717, 1.165) is 48.5 Å². The van der Waals surface area contributed by atoms with Crippen LogP contribution in [0.3, 0.4) is 0 Å². The van der Waals surface area contributed by atoms with E-state index in [9.17, 15) is 4.79 Å². The molecule has 8 heteroatoms. The topological polar surface area (TPSA) is 63.6 Å². The van der Waals surface area contributed by atoms with Gasteiger partial charge in [0, 0.05) is 42.9 Å². The number of hydrogen-bond donors (Lipinski definition) is 0. The summed E-state index contributed by atoms with van der Waals surface area (Å²) in [6, 6.07) is 15.3. The molecule has 3 aliphatic rings. The molecule has 3 aliphatic heterocycles. The molecule has 5 rings (SSSR count). The van der Waals surface area contributed by atoms with Crippen LogP contribution in [0.15, 0.2) is 53.6 Å². The number of hydrazone groups is 1. The second kappa shape index (κ2) is 9.43. The number of hydrogen-bond acceptors (Lipinski definition) is 6. The van der Waals surface area contributed by atoms with Crippen molar-refractivity contribution >= 4 is 23.2 Å². The van der Waals surface area contributed by atoms with E-state index in [1.54, 1.807) is 12.1 Å². The normalized spacial score (nSPS) is 22.5. The number of carbonyl (C=O) groups excluding carboxylic acids is 1. The molecule has 0 bridgehead atoms. The van der Waals surface area contributed by atoms with Crippen molar-refractivity contribution in [2.75, 3.05) is 40.0 Å². The summed E-state index contributed by atoms with van der Waals surface area (Å²) in [6.45, 7) is 3.14. The minimum atomic E-state index is -0.448. The lowest BCUT2D eigenvalue weighted by atomic mass is 9.98. The molecular formula is C25H28ClN3O4. The van der Waals surface area contributed by atoms with Crippen molar-refractivity contribution in [3.63, 3.8) is 0 Å². The summed E-state index contributed by atoms with van der Waals surface area (Å²) >= 11 is 6.11. The third-order valence-electron chi connectivity index (χ3n) is 6.61. The Balaban J connectivity index is 1.34. The van der Waals surface area contributed by atoms with Gasteiger partial charge in [0.15, 0.2) is 5.79 Å². The van der Waals surface area contributed by atoms with Gasteiger partial charge in [-0.15, -0.1) is 0 Å². The SMILES string of the molecule is COc1cccc(C2=NN(C(=O)CN3CCC4(CC3)OCCO4)[C@H](c3ccc(Cl)cc3)C2)c1. The fourth-order valence-electron chi connectivity index (χ4n) is 4.76. The smallest absolute Gasteiger partial charge is 0.257 e. The molecule has 0 unspecified atom stereocenters. The first-order valence-corrected chi connectivity index (χ1v) is 11.7. The maximum Gasteiger partial charge on any atom is 0.257 e. The highest BCUT2D eigenvalue weighted by molar-refractivity contribution is 6.30. The average Bonchev–Trinajstić information content (AvgIpc) is 3.49. The van der Waals surface area contributed by atoms with Gasteiger partial charge in [0.1, 0.15) is 5.75 Å². The van der Waals surface area contributed by atoms with E-state index in [2.05, 4.69) is 4.90 Å². The highest BCUT2D eigenvalue weighted by atomic mass is 35.5. The summed E-state index contributed by atoms with van der Waals surface area (Å²) in [6.07, 6.45) is 2.18. The molecule has 0 radical (unpaired) electrons. The van der Waals surface area contributed by atoms with Crippen molar-refractivity contribution < 1.29 is 19.0 Å². The predicted octanol–water partition coefficient (Wildman–Crippen LogP) is 3.87. The second-order valence-corrected chi connectivity index (χ2v) is 9.11. The Morgan fingerprint density at radius 2 is 1.88 bits per heavy atom. The van der Waals surface area contributed by atoms with Crippen LogP contribution in [0, 0.1) is 0 Å². The van der Waals surface area contributed by atoms with E-state index in [1.165, 1.54) is 0 Å². The number of piperidine rings is 1. The van der Waals surface area contributed by atoms with Crippen LogP contribution < -0.4 is 4.74 Å². The van der Waals surface area contributed by atoms with Gasteiger partial charge in [-0.05, 0) is 29.8 Å². The Labute approximate surface area is 198 Å². The van der Waals surface area contributed by atoms with Crippen LogP contribution in [0.25, 0.3) is 0 Å². The largest absolute Gasteiger partial charge is 0.497 e. The van der Waals surface area contributed by atoms with Gasteiger partial charge in [-0.3, -0.25) is 9.69 Å². The number of benzene rings is 2. The monoisotopic (exact) mass is 469 g/mol. The zero-order chi connectivity index (χ0) is 22.8. The first-order valence-electron chi connectivity index (χ1n) is 11.3. The van der Waals surface area contributed by atoms with Crippen molar-refractivity contribution in [3.05, 3.63) is 64.7 Å². The minimum absolute atomic E-state index is 0.0166. The van der Waals surface area contributed by atoms with Gasteiger partial charge in [-0.25, -0.2) is 5.01 Å². The Kier molecular flexibility index (Phi) is 6.38. The molecule has 174 valence electrons. The van der Waals surface area contributed by atoms with Crippen LogP contribution in [-0.2, 0) is 14.3 Å². The lowest BCUT2D eigenvalue weighted by Crippen LogP contribution is -2.48. The Morgan fingerprint density at radius 1 is 1.15 bits per heavy atom. The number of amides is 1. The molecule has 2 aromatic rings. The maximum absolute atomic E-state index is 13.4. The number of ether oxygens (including phenoxy) is 3. The van der Waals surface area contributed by atoms with E-state index in [4.69, 9.17) is 30.9 Å². The van der Waals surface area contributed by atoms with Crippen molar-refractivity contribution in [1.82, 2.24) is 9.91 Å². The zero-order valence-corrected chi connectivity index (χ0v) is 19.5. The van der Waals surface area contributed by atoms with Crippen LogP contribution in [0.2, 0.25) is 5.02 Å². The fourth-order valence-corrected chi connectivity index (χ4v) is 4.89. The summed E-state index contributed by atoms with van der Waals surface area (Å²) < 4.78 is 17.0. The van der Waals surface area contributed by atoms with Gasteiger partial charge < -0.3 is 14.2 Å². The zero-order valence-electron chi connectivity index (χ0n) is 18.7. The summed E-state index contributed by atoms with van der Waals surface area (Å²) in [4.78, 5) is 15.6. The van der Waals surface area contributed by atoms with Crippen molar-refractivity contribution in [3.8, 4) is 5.75 Å². The molecule has 0 aliphatic carbocycles. The summed E-state index contributed by atoms with van der Waals surface area (Å²) in [5, 5.41) is 7.10. The Hall–Kier alpha value is -2.45. The molecule has 0 saturated carbocycles. The predicted molar refractivity (Wildman–Crippen MR) is 125 cm³/mol. The van der Waals surface area contributed by atoms with Crippen LogP contribution in [0.5, 0.6) is 5.75 Å². The molecular weight excluding hydrogens is 442 g/mol. The van der Waals surface area contributed by atoms with E-state index in [-0.39, 0.29) is 11.9 Å². The van der Waals surface area contributed by atoms with E-state index in [0.29, 0.717) is 31.2 Å². The molecule has 33 heavy (non-hydrogen) atoms. The van der Waals surface area contributed by atoms with E-state index in [1.807, 2.05) is 48.5 Å². The van der Waals surface area contributed by atoms with Crippen molar-refractivity contribution in [2.45, 2.75) is 31.1 Å². The highest BCUT2D eigenvalue weighted by Crippen LogP contribution is 2.35. The van der Waals surface area contributed by atoms with E-state index >= 15 is 0 Å². The molecule has 2 saturated heterocycles. The lowest BCUT2D eigenvalue weighted by molar-refractivity contribution is -0.186. The number of rotatable bonds is 5. The third kappa shape index (κ3) is 4.77. The van der Waals surface area contributed by atoms with Gasteiger partial charge in [-0.2, -0.15) is 5.10 Å². The molecule has 1 atom stereocenters. The van der Waals surface area contributed by atoms with Crippen molar-refractivity contribution in [2.24, 2.45) is 5.10 Å². The fraction of sp³-hybridized carbons (Fsp3) is 0.440. The molecule has 0 aromatic heterocycles. The average molecular weight is 470 g/mol. The number of carbonyl (C=O) groups is 1. The van der Waals surface area contributed by atoms with Gasteiger partial charge in [0.05, 0.1) is 38.6 Å². The summed E-state index contributed by atoms with van der Waals surface area (Å²) in [5.41, 5.74) is 2.84. The van der Waals surface area contributed by atoms with Crippen LogP contribution in [0.4, 0.5) is 0 Å². The summed E-state index contributed by atoms with van der Waals surface area (Å²) in [7, 11) is 1.65. The van der Waals surface area contributed by atoms with Crippen LogP contribution in [0.1, 0.15) is 36.4 Å². The van der Waals surface area contributed by atoms with Crippen LogP contribution >= 0.6 is 11.6 Å². The second-order valence-electron chi connectivity index (χ2n) is 8.67. The standard InChI is InChI=1S/C25H28ClN3O4/c1-31-21-4-2-3-19(15-21)22-16-23(18-5-7-20(26)8-6-18)29(27-22)24(30)17-28-11-9-25(10-12-28)32-13-14-33-25/h2-8,15,23H,9-14,16-17H2,1H3/t23-/m0/s1. The van der Waals surface area contributed by atoms with Gasteiger partial charge in [-0.1, -0.05) is 35.9 Å². The molecule has 0 N–H and O–H groups in total. The maximum atomic E-state index is 13.4. The molecule has 1 amide bonds. The molecule has 7 nitrogen and oxygen atoms in total. The Bertz CT molecular complexity index is 1030. The van der Waals surface area contributed by atoms with Crippen molar-refractivity contribution in [1.29, 1.82) is 0 Å².